The van der Waals surface area contributed by atoms with Crippen molar-refractivity contribution in [3.05, 3.63) is 34.9 Å². The summed E-state index contributed by atoms with van der Waals surface area (Å²) in [6.07, 6.45) is 0. The lowest BCUT2D eigenvalue weighted by atomic mass is 10.2. The van der Waals surface area contributed by atoms with E-state index >= 15 is 0 Å². The fraction of sp³-hybridized carbons (Fsp3) is 0.333. The van der Waals surface area contributed by atoms with Gasteiger partial charge in [-0.2, -0.15) is 0 Å². The van der Waals surface area contributed by atoms with Crippen LogP contribution in [0.2, 0.25) is 5.02 Å². The summed E-state index contributed by atoms with van der Waals surface area (Å²) >= 11 is 5.71. The molecule has 0 fully saturated rings. The number of aliphatic hydroxyl groups excluding tert-OH is 1. The number of benzene rings is 1. The van der Waals surface area contributed by atoms with Crippen LogP contribution in [-0.2, 0) is 4.79 Å². The molecule has 0 bridgehead atoms. The van der Waals surface area contributed by atoms with Crippen LogP contribution in [0.25, 0.3) is 0 Å². The number of nitrogens with one attached hydrogen (secondary N) is 2. The summed E-state index contributed by atoms with van der Waals surface area (Å²) in [5.41, 5.74) is 0.432. The highest BCUT2D eigenvalue weighted by Crippen LogP contribution is 2.09. The average molecular weight is 271 g/mol. The van der Waals surface area contributed by atoms with Gasteiger partial charge in [-0.1, -0.05) is 11.6 Å². The average Bonchev–Trinajstić information content (AvgIpc) is 2.36. The van der Waals surface area contributed by atoms with Crippen LogP contribution in [0.4, 0.5) is 0 Å². The highest BCUT2D eigenvalue weighted by atomic mass is 35.5. The lowest BCUT2D eigenvalue weighted by molar-refractivity contribution is -0.122. The smallest absolute Gasteiger partial charge is 0.251 e. The van der Waals surface area contributed by atoms with Crippen molar-refractivity contribution in [2.75, 3.05) is 13.2 Å². The van der Waals surface area contributed by atoms with E-state index in [1.807, 2.05) is 0 Å². The number of aliphatic hydroxyl groups is 1. The van der Waals surface area contributed by atoms with E-state index in [0.29, 0.717) is 10.6 Å². The van der Waals surface area contributed by atoms with E-state index in [2.05, 4.69) is 10.6 Å². The monoisotopic (exact) mass is 270 g/mol. The highest BCUT2D eigenvalue weighted by Gasteiger charge is 2.15. The molecule has 6 heteroatoms. The third-order valence-corrected chi connectivity index (χ3v) is 2.51. The molecule has 0 aliphatic carbocycles. The van der Waals surface area contributed by atoms with Crippen molar-refractivity contribution < 1.29 is 14.7 Å². The second-order valence-corrected chi connectivity index (χ2v) is 4.15. The Kier molecular flexibility index (Phi) is 5.61. The first-order valence-corrected chi connectivity index (χ1v) is 5.87. The molecule has 1 rings (SSSR count). The first-order valence-electron chi connectivity index (χ1n) is 5.49. The molecule has 0 heterocycles. The third kappa shape index (κ3) is 4.35. The molecule has 1 aromatic rings. The Hall–Kier alpha value is -1.59. The van der Waals surface area contributed by atoms with Crippen LogP contribution < -0.4 is 10.6 Å². The number of carbonyl (C=O) groups excluding carboxylic acids is 2. The van der Waals surface area contributed by atoms with Crippen LogP contribution in [0.1, 0.15) is 17.3 Å². The van der Waals surface area contributed by atoms with E-state index in [9.17, 15) is 9.59 Å². The lowest BCUT2D eigenvalue weighted by Crippen LogP contribution is -2.45. The van der Waals surface area contributed by atoms with Crippen LogP contribution >= 0.6 is 11.6 Å². The number of amides is 2. The van der Waals surface area contributed by atoms with Crippen molar-refractivity contribution in [2.24, 2.45) is 0 Å². The molecule has 1 unspecified atom stereocenters. The van der Waals surface area contributed by atoms with Gasteiger partial charge in [0.05, 0.1) is 6.61 Å². The largest absolute Gasteiger partial charge is 0.395 e. The number of rotatable bonds is 5. The number of halogens is 1. The van der Waals surface area contributed by atoms with E-state index in [1.165, 1.54) is 0 Å². The molecule has 18 heavy (non-hydrogen) atoms. The molecule has 0 radical (unpaired) electrons. The molecular formula is C12H15ClN2O3. The molecular weight excluding hydrogens is 256 g/mol. The first-order chi connectivity index (χ1) is 8.54. The Morgan fingerprint density at radius 2 is 1.94 bits per heavy atom. The predicted octanol–water partition coefficient (Wildman–Crippen LogP) is 0.567. The van der Waals surface area contributed by atoms with Gasteiger partial charge >= 0.3 is 0 Å². The fourth-order valence-electron chi connectivity index (χ4n) is 1.28. The van der Waals surface area contributed by atoms with Gasteiger partial charge in [-0.3, -0.25) is 9.59 Å². The first kappa shape index (κ1) is 14.5. The summed E-state index contributed by atoms with van der Waals surface area (Å²) in [4.78, 5) is 23.2. The van der Waals surface area contributed by atoms with Gasteiger partial charge in [0.2, 0.25) is 5.91 Å². The summed E-state index contributed by atoms with van der Waals surface area (Å²) in [5.74, 6) is -0.690. The molecule has 0 aromatic heterocycles. The minimum absolute atomic E-state index is 0.135. The van der Waals surface area contributed by atoms with Gasteiger partial charge in [0.1, 0.15) is 6.04 Å². The Balaban J connectivity index is 2.53. The van der Waals surface area contributed by atoms with Crippen molar-refractivity contribution in [3.8, 4) is 0 Å². The van der Waals surface area contributed by atoms with Crippen molar-refractivity contribution in [1.29, 1.82) is 0 Å². The van der Waals surface area contributed by atoms with Crippen molar-refractivity contribution in [3.63, 3.8) is 0 Å². The van der Waals surface area contributed by atoms with E-state index < -0.39 is 6.04 Å². The highest BCUT2D eigenvalue weighted by molar-refractivity contribution is 6.30. The summed E-state index contributed by atoms with van der Waals surface area (Å²) in [6.45, 7) is 1.60. The van der Waals surface area contributed by atoms with E-state index in [-0.39, 0.29) is 25.0 Å². The van der Waals surface area contributed by atoms with E-state index in [4.69, 9.17) is 16.7 Å². The lowest BCUT2D eigenvalue weighted by Gasteiger charge is -2.13. The Morgan fingerprint density at radius 1 is 1.33 bits per heavy atom. The molecule has 1 atom stereocenters. The molecule has 1 aromatic carbocycles. The second-order valence-electron chi connectivity index (χ2n) is 3.72. The molecule has 0 aliphatic heterocycles. The van der Waals surface area contributed by atoms with E-state index in [0.717, 1.165) is 0 Å². The molecule has 0 aliphatic rings. The standard InChI is InChI=1S/C12H15ClN2O3/c1-8(11(17)14-6-7-16)15-12(18)9-2-4-10(13)5-3-9/h2-5,8,16H,6-7H2,1H3,(H,14,17)(H,15,18). The Bertz CT molecular complexity index is 420. The quantitative estimate of drug-likeness (QED) is 0.732. The molecule has 98 valence electrons. The molecule has 2 amide bonds. The van der Waals surface area contributed by atoms with Gasteiger partial charge in [0, 0.05) is 17.1 Å². The van der Waals surface area contributed by atoms with Gasteiger partial charge in [0.15, 0.2) is 0 Å². The van der Waals surface area contributed by atoms with Gasteiger partial charge in [-0.25, -0.2) is 0 Å². The minimum atomic E-state index is -0.667. The van der Waals surface area contributed by atoms with Crippen molar-refractivity contribution >= 4 is 23.4 Å². The van der Waals surface area contributed by atoms with Gasteiger partial charge in [-0.05, 0) is 31.2 Å². The number of carbonyl (C=O) groups is 2. The van der Waals surface area contributed by atoms with Crippen LogP contribution in [-0.4, -0.2) is 36.1 Å². The summed E-state index contributed by atoms with van der Waals surface area (Å²) in [5, 5.41) is 14.1. The van der Waals surface area contributed by atoms with Crippen molar-refractivity contribution in [1.82, 2.24) is 10.6 Å². The summed E-state index contributed by atoms with van der Waals surface area (Å²) in [7, 11) is 0. The minimum Gasteiger partial charge on any atom is -0.395 e. The van der Waals surface area contributed by atoms with Crippen LogP contribution in [0, 0.1) is 0 Å². The topological polar surface area (TPSA) is 78.4 Å². The predicted molar refractivity (Wildman–Crippen MR) is 68.5 cm³/mol. The fourth-order valence-corrected chi connectivity index (χ4v) is 1.40. The maximum Gasteiger partial charge on any atom is 0.251 e. The van der Waals surface area contributed by atoms with Gasteiger partial charge in [0.25, 0.3) is 5.91 Å². The Labute approximate surface area is 110 Å². The normalized spacial score (nSPS) is 11.7. The van der Waals surface area contributed by atoms with Gasteiger partial charge in [-0.15, -0.1) is 0 Å². The third-order valence-electron chi connectivity index (χ3n) is 2.26. The maximum absolute atomic E-state index is 11.8. The van der Waals surface area contributed by atoms with Crippen molar-refractivity contribution in [2.45, 2.75) is 13.0 Å². The molecule has 5 nitrogen and oxygen atoms in total. The summed E-state index contributed by atoms with van der Waals surface area (Å²) in [6, 6.07) is 5.70. The zero-order valence-electron chi connectivity index (χ0n) is 9.94. The van der Waals surface area contributed by atoms with Gasteiger partial charge < -0.3 is 15.7 Å². The van der Waals surface area contributed by atoms with Crippen LogP contribution in [0.3, 0.4) is 0 Å². The SMILES string of the molecule is CC(NC(=O)c1ccc(Cl)cc1)C(=O)NCCO. The molecule has 0 saturated carbocycles. The summed E-state index contributed by atoms with van der Waals surface area (Å²) < 4.78 is 0. The number of hydrogen-bond donors (Lipinski definition) is 3. The van der Waals surface area contributed by atoms with Crippen LogP contribution in [0.15, 0.2) is 24.3 Å². The maximum atomic E-state index is 11.8. The second kappa shape index (κ2) is 6.98. The van der Waals surface area contributed by atoms with E-state index in [1.54, 1.807) is 31.2 Å². The Morgan fingerprint density at radius 3 is 2.50 bits per heavy atom. The van der Waals surface area contributed by atoms with Crippen LogP contribution in [0.5, 0.6) is 0 Å². The molecule has 0 spiro atoms. The number of hydrogen-bond acceptors (Lipinski definition) is 3. The molecule has 3 N–H and O–H groups in total. The zero-order valence-corrected chi connectivity index (χ0v) is 10.7. The molecule has 0 saturated heterocycles. The zero-order chi connectivity index (χ0) is 13.5.